The Morgan fingerprint density at radius 3 is 2.00 bits per heavy atom. The van der Waals surface area contributed by atoms with Crippen LogP contribution in [0, 0.1) is 0 Å². The fourth-order valence-electron chi connectivity index (χ4n) is 4.88. The van der Waals surface area contributed by atoms with E-state index in [-0.39, 0.29) is 32.0 Å². The van der Waals surface area contributed by atoms with Crippen molar-refractivity contribution in [3.63, 3.8) is 0 Å². The van der Waals surface area contributed by atoms with Gasteiger partial charge in [-0.05, 0) is 75.7 Å². The zero-order valence-electron chi connectivity index (χ0n) is 14.8. The molecule has 0 aromatic rings. The van der Waals surface area contributed by atoms with Crippen LogP contribution in [0.1, 0.15) is 84.5 Å². The smallest absolute Gasteiger partial charge is 0.0855 e. The normalized spacial score (nSPS) is 31.0. The Labute approximate surface area is 162 Å². The van der Waals surface area contributed by atoms with E-state index >= 15 is 0 Å². The van der Waals surface area contributed by atoms with Crippen LogP contribution >= 0.6 is 19.5 Å². The fourth-order valence-corrected chi connectivity index (χ4v) is 10.5. The van der Waals surface area contributed by atoms with Gasteiger partial charge in [0.2, 0.25) is 0 Å². The molecule has 3 saturated carbocycles. The molecule has 0 aromatic carbocycles. The van der Waals surface area contributed by atoms with E-state index in [1.807, 2.05) is 0 Å². The Morgan fingerprint density at radius 2 is 1.52 bits per heavy atom. The fraction of sp³-hybridized carbons (Fsp3) is 0.800. The van der Waals surface area contributed by atoms with Crippen molar-refractivity contribution >= 4 is 19.5 Å². The Bertz CT molecular complexity index is 427. The number of allylic oxidation sites excluding steroid dienone is 4. The molecule has 0 spiro atoms. The molecule has 0 aromatic heterocycles. The second-order valence-electron chi connectivity index (χ2n) is 7.83. The van der Waals surface area contributed by atoms with Crippen molar-refractivity contribution < 1.29 is 19.5 Å². The van der Waals surface area contributed by atoms with Crippen LogP contribution in [-0.2, 0) is 19.5 Å². The van der Waals surface area contributed by atoms with Crippen LogP contribution in [0.15, 0.2) is 23.3 Å². The van der Waals surface area contributed by atoms with Gasteiger partial charge in [-0.15, -0.1) is 11.6 Å². The van der Waals surface area contributed by atoms with Crippen LogP contribution in [0.3, 0.4) is 0 Å². The van der Waals surface area contributed by atoms with E-state index in [1.165, 1.54) is 76.2 Å². The summed E-state index contributed by atoms with van der Waals surface area (Å²) in [5, 5.41) is 0. The number of rotatable bonds is 4. The Kier molecular flexibility index (Phi) is 7.85. The minimum absolute atomic E-state index is 0. The summed E-state index contributed by atoms with van der Waals surface area (Å²) in [5.41, 5.74) is 4.90. The molecule has 3 fully saturated rings. The Hall–Kier alpha value is 0.823. The van der Waals surface area contributed by atoms with Gasteiger partial charge in [0, 0.05) is 19.5 Å². The topological polar surface area (TPSA) is 0 Å². The van der Waals surface area contributed by atoms with Gasteiger partial charge in [-0.2, -0.15) is 0 Å². The first-order valence-electron chi connectivity index (χ1n) is 9.43. The minimum atomic E-state index is -0.0483. The van der Waals surface area contributed by atoms with Gasteiger partial charge in [-0.3, -0.25) is 0 Å². The summed E-state index contributed by atoms with van der Waals surface area (Å²) >= 11 is 7.48. The first-order valence-corrected chi connectivity index (χ1v) is 11.3. The van der Waals surface area contributed by atoms with Gasteiger partial charge in [0.05, 0.1) is 4.62 Å². The third kappa shape index (κ3) is 4.51. The maximum Gasteiger partial charge on any atom is 0.0855 e. The van der Waals surface area contributed by atoms with Crippen LogP contribution in [-0.4, -0.2) is 15.9 Å². The second-order valence-corrected chi connectivity index (χ2v) is 11.8. The predicted octanol–water partition coefficient (Wildman–Crippen LogP) is 7.36. The predicted molar refractivity (Wildman–Crippen MR) is 101 cm³/mol. The van der Waals surface area contributed by atoms with Crippen LogP contribution in [0.25, 0.3) is 0 Å². The molecule has 0 bridgehead atoms. The first-order chi connectivity index (χ1) is 10.6. The first kappa shape index (κ1) is 20.1. The van der Waals surface area contributed by atoms with Crippen molar-refractivity contribution in [2.45, 2.75) is 100 Å². The van der Waals surface area contributed by atoms with Crippen molar-refractivity contribution in [1.29, 1.82) is 0 Å². The van der Waals surface area contributed by atoms with E-state index in [0.717, 1.165) is 11.3 Å². The summed E-state index contributed by atoms with van der Waals surface area (Å²) in [6, 6.07) is 0. The van der Waals surface area contributed by atoms with Crippen LogP contribution in [0.2, 0.25) is 0 Å². The summed E-state index contributed by atoms with van der Waals surface area (Å²) in [6.07, 6.45) is 20.2. The zero-order chi connectivity index (χ0) is 15.6. The van der Waals surface area contributed by atoms with Crippen molar-refractivity contribution in [2.24, 2.45) is 0 Å². The van der Waals surface area contributed by atoms with E-state index in [0.29, 0.717) is 0 Å². The molecule has 0 nitrogen and oxygen atoms in total. The van der Waals surface area contributed by atoms with Crippen molar-refractivity contribution in [3.05, 3.63) is 23.3 Å². The van der Waals surface area contributed by atoms with Crippen LogP contribution in [0.4, 0.5) is 0 Å². The van der Waals surface area contributed by atoms with E-state index in [4.69, 9.17) is 11.6 Å². The molecule has 1 atom stereocenters. The van der Waals surface area contributed by atoms with E-state index in [9.17, 15) is 0 Å². The average Bonchev–Trinajstić information content (AvgIpc) is 3.20. The van der Waals surface area contributed by atoms with Gasteiger partial charge in [-0.1, -0.05) is 51.3 Å². The quantitative estimate of drug-likeness (QED) is 0.244. The molecule has 1 unspecified atom stereocenters. The summed E-state index contributed by atoms with van der Waals surface area (Å²) in [6.45, 7) is 4.39. The van der Waals surface area contributed by atoms with Gasteiger partial charge < -0.3 is 0 Å². The third-order valence-electron chi connectivity index (χ3n) is 5.91. The minimum Gasteiger partial charge on any atom is -0.109 e. The molecule has 0 heterocycles. The molecule has 23 heavy (non-hydrogen) atoms. The summed E-state index contributed by atoms with van der Waals surface area (Å²) < 4.78 is 0.0469. The van der Waals surface area contributed by atoms with Crippen LogP contribution < -0.4 is 0 Å². The van der Waals surface area contributed by atoms with Crippen LogP contribution in [0.5, 0.6) is 0 Å². The molecule has 3 rings (SSSR count). The van der Waals surface area contributed by atoms with Gasteiger partial charge in [0.1, 0.15) is 0 Å². The summed E-state index contributed by atoms with van der Waals surface area (Å²) in [5.74, 6) is 0. The van der Waals surface area contributed by atoms with E-state index in [2.05, 4.69) is 26.0 Å². The second kappa shape index (κ2) is 8.96. The zero-order valence-corrected chi connectivity index (χ0v) is 18.2. The largest absolute Gasteiger partial charge is 0.109 e. The Morgan fingerprint density at radius 1 is 1.00 bits per heavy atom. The number of halogens is 1. The van der Waals surface area contributed by atoms with Crippen molar-refractivity contribution in [1.82, 2.24) is 0 Å². The molecule has 3 heteroatoms. The summed E-state index contributed by atoms with van der Waals surface area (Å²) in [7, 11) is -0.0483. The third-order valence-corrected chi connectivity index (χ3v) is 10.9. The van der Waals surface area contributed by atoms with E-state index < -0.39 is 0 Å². The van der Waals surface area contributed by atoms with Gasteiger partial charge in [0.25, 0.3) is 0 Å². The molecule has 3 aliphatic rings. The number of hydrogen-bond acceptors (Lipinski definition) is 0. The Balaban J connectivity index is 0.00000192. The van der Waals surface area contributed by atoms with Gasteiger partial charge in [0.15, 0.2) is 0 Å². The molecular weight excluding hydrogens is 408 g/mol. The van der Waals surface area contributed by atoms with Gasteiger partial charge in [-0.25, -0.2) is 0 Å². The molecule has 132 valence electrons. The molecule has 0 N–H and O–H groups in total. The van der Waals surface area contributed by atoms with Gasteiger partial charge >= 0.3 is 0 Å². The monoisotopic (exact) mass is 440 g/mol. The number of alkyl halides is 1. The maximum atomic E-state index is 7.48. The average molecular weight is 440 g/mol. The van der Waals surface area contributed by atoms with E-state index in [1.54, 1.807) is 5.57 Å². The SMILES string of the molecule is CC(C)=CC=C1CCCC1(Cl)P(C1CCCC1)C1CCCC1.[Ru]. The summed E-state index contributed by atoms with van der Waals surface area (Å²) in [4.78, 5) is 0. The molecule has 0 amide bonds. The molecule has 3 aliphatic carbocycles. The molecule has 0 saturated heterocycles. The molecule has 0 aliphatic heterocycles. The molecular formula is C20H32ClPRu. The number of hydrogen-bond donors (Lipinski definition) is 0. The van der Waals surface area contributed by atoms with Crippen molar-refractivity contribution in [2.75, 3.05) is 0 Å². The standard InChI is InChI=1S/C20H32ClP.Ru/c1-16(2)13-14-17-8-7-15-20(17,21)22(18-9-3-4-10-18)19-11-5-6-12-19;/h13-14,18-19H,3-12,15H2,1-2H3;. The molecule has 0 radical (unpaired) electrons. The maximum absolute atomic E-state index is 7.48. The van der Waals surface area contributed by atoms with Crippen molar-refractivity contribution in [3.8, 4) is 0 Å².